The minimum atomic E-state index is -8.94. The molecule has 2 fully saturated rings. The first-order valence-corrected chi connectivity index (χ1v) is 26.8. The molecule has 0 saturated carbocycles. The number of rotatable bonds is 30. The molecule has 0 bridgehead atoms. The van der Waals surface area contributed by atoms with Crippen LogP contribution in [0.4, 0.5) is 74.6 Å². The van der Waals surface area contributed by atoms with Crippen LogP contribution < -0.4 is 26.6 Å². The van der Waals surface area contributed by atoms with Crippen LogP contribution >= 0.6 is 0 Å². The maximum Gasteiger partial charge on any atom is 0.460 e. The molecule has 0 spiro atoms. The number of nitrogens with zero attached hydrogens (tertiary/aromatic N) is 1. The Labute approximate surface area is 509 Å². The number of carbonyl (C=O) groups is 8. The van der Waals surface area contributed by atoms with Crippen molar-refractivity contribution in [3.63, 3.8) is 0 Å². The average molecular weight is 1380 g/mol. The molecule has 14 N–H and O–H groups in total. The molecule has 0 radical (unpaired) electrons. The van der Waals surface area contributed by atoms with Crippen LogP contribution in [-0.2, 0) is 39.9 Å². The number of carbonyl (C=O) groups excluding carboxylic acids is 8. The van der Waals surface area contributed by atoms with Crippen molar-refractivity contribution in [3.05, 3.63) is 64.7 Å². The number of aliphatic hydroxyl groups is 8. The fraction of sp³-hybridized carbons (Fsp3) is 0.608. The summed E-state index contributed by atoms with van der Waals surface area (Å²) in [5.41, 5.74) is -0.721. The lowest BCUT2D eigenvalue weighted by molar-refractivity contribution is -0.461. The van der Waals surface area contributed by atoms with Crippen LogP contribution in [0.3, 0.4) is 0 Å². The molecule has 3 heterocycles. The predicted octanol–water partition coefficient (Wildman–Crippen LogP) is -0.318. The second-order valence-electron chi connectivity index (χ2n) is 21.1. The third kappa shape index (κ3) is 15.3. The molecule has 2 saturated heterocycles. The number of unbranched alkanes of at least 4 members (excludes halogenated alkanes) is 1. The van der Waals surface area contributed by atoms with Crippen LogP contribution in [0.5, 0.6) is 5.75 Å². The highest BCUT2D eigenvalue weighted by atomic mass is 19.4. The molecule has 25 nitrogen and oxygen atoms in total. The Bertz CT molecular complexity index is 3080. The van der Waals surface area contributed by atoms with Crippen molar-refractivity contribution in [2.45, 2.75) is 166 Å². The Morgan fingerprint density at radius 1 is 0.656 bits per heavy atom. The summed E-state index contributed by atoms with van der Waals surface area (Å²) in [7, 11) is 0. The molecular weight excluding hydrogens is 1320 g/mol. The number of fused-ring (bicyclic) bond motifs is 1. The summed E-state index contributed by atoms with van der Waals surface area (Å²) in [4.78, 5) is 106. The monoisotopic (exact) mass is 1380 g/mol. The largest absolute Gasteiger partial charge is 0.508 e. The van der Waals surface area contributed by atoms with E-state index in [1.807, 2.05) is 5.32 Å². The second-order valence-corrected chi connectivity index (χ2v) is 21.1. The van der Waals surface area contributed by atoms with E-state index in [1.54, 1.807) is 5.32 Å². The highest BCUT2D eigenvalue weighted by Crippen LogP contribution is 2.64. The Morgan fingerprint density at radius 3 is 1.76 bits per heavy atom. The number of imide groups is 2. The Kier molecular flexibility index (Phi) is 23.7. The van der Waals surface area contributed by atoms with Gasteiger partial charge in [0.1, 0.15) is 66.6 Å². The van der Waals surface area contributed by atoms with Crippen LogP contribution in [0, 0.1) is 0 Å². The number of benzene rings is 2. The highest BCUT2D eigenvalue weighted by Gasteiger charge is 2.95. The molecule has 93 heavy (non-hydrogen) atoms. The van der Waals surface area contributed by atoms with Gasteiger partial charge in [0.25, 0.3) is 23.6 Å². The molecule has 12 atom stereocenters. The average Bonchev–Trinajstić information content (AvgIpc) is 1.26. The zero-order valence-corrected chi connectivity index (χ0v) is 46.7. The fourth-order valence-electron chi connectivity index (χ4n) is 9.26. The lowest BCUT2D eigenvalue weighted by atomic mass is 9.88. The number of halogens is 17. The van der Waals surface area contributed by atoms with Gasteiger partial charge in [-0.2, -0.15) is 74.6 Å². The van der Waals surface area contributed by atoms with E-state index in [9.17, 15) is 159 Å². The van der Waals surface area contributed by atoms with Gasteiger partial charge >= 0.3 is 47.6 Å². The number of amides is 8. The van der Waals surface area contributed by atoms with Crippen molar-refractivity contribution in [3.8, 4) is 5.75 Å². The first-order chi connectivity index (χ1) is 42.7. The summed E-state index contributed by atoms with van der Waals surface area (Å²) < 4.78 is 247. The quantitative estimate of drug-likeness (QED) is 0.0271. The third-order valence-electron chi connectivity index (χ3n) is 14.7. The summed E-state index contributed by atoms with van der Waals surface area (Å²) in [6, 6.07) is 2.50. The molecule has 8 amide bonds. The summed E-state index contributed by atoms with van der Waals surface area (Å²) in [6.45, 7) is -5.44. The smallest absolute Gasteiger partial charge is 0.460 e. The highest BCUT2D eigenvalue weighted by molar-refractivity contribution is 6.24. The van der Waals surface area contributed by atoms with Crippen LogP contribution in [0.25, 0.3) is 0 Å². The van der Waals surface area contributed by atoms with Gasteiger partial charge in [-0.1, -0.05) is 12.1 Å². The summed E-state index contributed by atoms with van der Waals surface area (Å²) in [5, 5.41) is 101. The molecule has 522 valence electrons. The lowest BCUT2D eigenvalue weighted by Crippen LogP contribution is -2.74. The number of phenols is 1. The number of piperidine rings is 1. The maximum absolute atomic E-state index is 14.9. The van der Waals surface area contributed by atoms with E-state index in [0.29, 0.717) is 4.90 Å². The predicted molar refractivity (Wildman–Crippen MR) is 267 cm³/mol. The van der Waals surface area contributed by atoms with E-state index in [4.69, 9.17) is 9.47 Å². The SMILES string of the molecule is O=C1CCC(N2C(=O)c3ccc(C(=O)NC(Cc4ccc(O)cc4)C(=O)NCCCCC(NC(=O)C(O)[C@@H](O)[C@@H](O[C@@H]4OC(CO)[C@H](O)[C@H](O)C4O)C(O)CO)C(=O)NCCC(F)(F)C(F)(F)C(F)(F)C(F)(F)C(F)(F)C(F)(F)C(F)(F)C(F)(F)F)cc3C2=O)C(=O)N1. The number of hydrogen-bond acceptors (Lipinski definition) is 19. The van der Waals surface area contributed by atoms with E-state index in [1.165, 1.54) is 29.6 Å². The Hall–Kier alpha value is -7.19. The number of hydrogen-bond donors (Lipinski definition) is 14. The van der Waals surface area contributed by atoms with Crippen molar-refractivity contribution >= 4 is 47.3 Å². The summed E-state index contributed by atoms with van der Waals surface area (Å²) in [5.74, 6) is -69.0. The molecule has 3 aliphatic heterocycles. The van der Waals surface area contributed by atoms with Gasteiger partial charge in [0.05, 0.1) is 24.3 Å². The lowest BCUT2D eigenvalue weighted by Gasteiger charge is -2.42. The number of aliphatic hydroxyl groups excluding tert-OH is 8. The van der Waals surface area contributed by atoms with Gasteiger partial charge < -0.3 is 76.7 Å². The zero-order valence-electron chi connectivity index (χ0n) is 46.7. The first-order valence-electron chi connectivity index (χ1n) is 26.8. The normalized spacial score (nSPS) is 22.4. The van der Waals surface area contributed by atoms with Gasteiger partial charge in [-0.3, -0.25) is 48.6 Å². The van der Waals surface area contributed by atoms with Gasteiger partial charge in [-0.15, -0.1) is 0 Å². The van der Waals surface area contributed by atoms with Crippen LogP contribution in [0.2, 0.25) is 0 Å². The molecule has 5 rings (SSSR count). The molecule has 7 unspecified atom stereocenters. The van der Waals surface area contributed by atoms with Gasteiger partial charge in [-0.25, -0.2) is 0 Å². The van der Waals surface area contributed by atoms with E-state index in [-0.39, 0.29) is 40.8 Å². The molecule has 2 aromatic rings. The van der Waals surface area contributed by atoms with Crippen molar-refractivity contribution in [1.82, 2.24) is 31.5 Å². The van der Waals surface area contributed by atoms with E-state index < -0.39 is 227 Å². The minimum Gasteiger partial charge on any atom is -0.508 e. The molecular formula is C51H55F17N6O19. The second kappa shape index (κ2) is 28.8. The molecule has 0 aliphatic carbocycles. The number of alkyl halides is 17. The van der Waals surface area contributed by atoms with Crippen molar-refractivity contribution in [2.75, 3.05) is 26.3 Å². The molecule has 42 heteroatoms. The number of aromatic hydroxyl groups is 1. The maximum atomic E-state index is 14.9. The Balaban J connectivity index is 1.35. The van der Waals surface area contributed by atoms with Crippen molar-refractivity contribution < 1.29 is 168 Å². The molecule has 3 aliphatic rings. The van der Waals surface area contributed by atoms with Crippen LogP contribution in [-0.4, -0.2) is 245 Å². The fourth-order valence-corrected chi connectivity index (χ4v) is 9.26. The topological polar surface area (TPSA) is 400 Å². The summed E-state index contributed by atoms with van der Waals surface area (Å²) in [6.07, 6.45) is -35.9. The third-order valence-corrected chi connectivity index (χ3v) is 14.7. The standard InChI is InChI=1S/C51H55F17N6O19/c52-44(53,45(54,55)46(56,57)47(58,59)48(60,61)49(62,63)50(64,65)51(66,67)68)12-14-70-37(86)24(71-40(89)33(83)32(82)35(27(78)17-75)93-43-34(84)31(81)30(80)28(18-76)92-43)3-1-2-13-69-38(87)25(15-19-4-7-21(77)8-5-19)72-36(85)20-6-9-22-23(16-20)42(91)74(41(22)90)26-10-11-29(79)73-39(26)88/h4-9,16,24-28,30-35,43,75-78,80-84H,1-3,10-15,17-18H2,(H,69,87)(H,70,86)(H,71,89)(H,72,85)(H,73,79,88)/t24?,25?,26?,27?,28?,30-,31-,32+,33?,34?,35-,43-/m0/s1. The van der Waals surface area contributed by atoms with Gasteiger partial charge in [0.15, 0.2) is 12.4 Å². The van der Waals surface area contributed by atoms with Crippen molar-refractivity contribution in [1.29, 1.82) is 0 Å². The molecule has 2 aromatic carbocycles. The minimum absolute atomic E-state index is 0.229. The number of phenolic OH excluding ortho intramolecular Hbond substituents is 1. The van der Waals surface area contributed by atoms with E-state index >= 15 is 0 Å². The van der Waals surface area contributed by atoms with E-state index in [0.717, 1.165) is 18.2 Å². The zero-order chi connectivity index (χ0) is 70.7. The summed E-state index contributed by atoms with van der Waals surface area (Å²) >= 11 is 0. The Morgan fingerprint density at radius 2 is 1.20 bits per heavy atom. The van der Waals surface area contributed by atoms with Crippen LogP contribution in [0.1, 0.15) is 75.2 Å². The van der Waals surface area contributed by atoms with Gasteiger partial charge in [0, 0.05) is 37.9 Å². The molecule has 0 aromatic heterocycles. The van der Waals surface area contributed by atoms with E-state index in [2.05, 4.69) is 10.6 Å². The van der Waals surface area contributed by atoms with Gasteiger partial charge in [-0.05, 0) is 61.6 Å². The first kappa shape index (κ1) is 76.5. The van der Waals surface area contributed by atoms with Crippen LogP contribution in [0.15, 0.2) is 42.5 Å². The van der Waals surface area contributed by atoms with Crippen molar-refractivity contribution in [2.24, 2.45) is 0 Å². The number of nitrogens with one attached hydrogen (secondary N) is 5. The van der Waals surface area contributed by atoms with Gasteiger partial charge in [0.2, 0.25) is 23.6 Å². The number of ether oxygens (including phenoxy) is 2.